The maximum Gasteiger partial charge on any atom is 0.225 e. The lowest BCUT2D eigenvalue weighted by Crippen LogP contribution is -2.31. The van der Waals surface area contributed by atoms with Gasteiger partial charge in [-0.15, -0.1) is 0 Å². The highest BCUT2D eigenvalue weighted by atomic mass is 32.2. The Morgan fingerprint density at radius 1 is 0.943 bits per heavy atom. The van der Waals surface area contributed by atoms with Gasteiger partial charge in [-0.2, -0.15) is 4.98 Å². The average molecular weight is 486 g/mol. The summed E-state index contributed by atoms with van der Waals surface area (Å²) in [6, 6.07) is 25.1. The maximum atomic E-state index is 9.72. The standard InChI is InChI=1S/C28H31N5OS/c1-32(2)22-15-16-33(18-22)27-23-11-5-6-12-24(23)30-28(31-27)29-17-20-9-3-7-13-25(20)35-26-14-8-4-10-21(26)19-34/h3-14,22,34H,15-19H2,1-2H3,(H,29,30,31)/t22-/m1/s1. The molecule has 0 aliphatic carbocycles. The van der Waals surface area contributed by atoms with E-state index in [4.69, 9.17) is 9.97 Å². The smallest absolute Gasteiger partial charge is 0.225 e. The molecule has 0 radical (unpaired) electrons. The van der Waals surface area contributed by atoms with Crippen molar-refractivity contribution >= 4 is 34.4 Å². The summed E-state index contributed by atoms with van der Waals surface area (Å²) in [6.45, 7) is 2.61. The first-order valence-electron chi connectivity index (χ1n) is 12.0. The van der Waals surface area contributed by atoms with Crippen LogP contribution in [-0.2, 0) is 13.2 Å². The van der Waals surface area contributed by atoms with Crippen molar-refractivity contribution in [1.29, 1.82) is 0 Å². The van der Waals surface area contributed by atoms with Crippen molar-refractivity contribution < 1.29 is 5.11 Å². The van der Waals surface area contributed by atoms with Crippen molar-refractivity contribution in [1.82, 2.24) is 14.9 Å². The zero-order chi connectivity index (χ0) is 24.2. The van der Waals surface area contributed by atoms with Crippen LogP contribution in [-0.4, -0.2) is 53.2 Å². The number of likely N-dealkylation sites (N-methyl/N-ethyl adjacent to an activating group) is 1. The molecule has 5 rings (SSSR count). The van der Waals surface area contributed by atoms with Crippen LogP contribution in [0, 0.1) is 0 Å². The Balaban J connectivity index is 1.39. The number of benzene rings is 3. The normalized spacial score (nSPS) is 15.8. The van der Waals surface area contributed by atoms with Crippen LogP contribution in [0.15, 0.2) is 82.6 Å². The lowest BCUT2D eigenvalue weighted by atomic mass is 10.2. The molecule has 1 fully saturated rings. The molecule has 0 amide bonds. The van der Waals surface area contributed by atoms with E-state index in [1.54, 1.807) is 11.8 Å². The number of nitrogens with one attached hydrogen (secondary N) is 1. The quantitative estimate of drug-likeness (QED) is 0.363. The van der Waals surface area contributed by atoms with Crippen LogP contribution in [0.2, 0.25) is 0 Å². The van der Waals surface area contributed by atoms with Crippen molar-refractivity contribution in [3.8, 4) is 0 Å². The van der Waals surface area contributed by atoms with Gasteiger partial charge in [0.15, 0.2) is 0 Å². The number of nitrogens with zero attached hydrogens (tertiary/aromatic N) is 4. The molecule has 0 spiro atoms. The third-order valence-corrected chi connectivity index (χ3v) is 7.79. The Kier molecular flexibility index (Phi) is 7.18. The van der Waals surface area contributed by atoms with Gasteiger partial charge in [0.25, 0.3) is 0 Å². The minimum absolute atomic E-state index is 0.0302. The highest BCUT2D eigenvalue weighted by Crippen LogP contribution is 2.34. The molecule has 0 bridgehead atoms. The van der Waals surface area contributed by atoms with Crippen molar-refractivity contribution in [3.63, 3.8) is 0 Å². The third kappa shape index (κ3) is 5.27. The Labute approximate surface area is 211 Å². The van der Waals surface area contributed by atoms with Crippen molar-refractivity contribution in [2.45, 2.75) is 35.4 Å². The molecule has 1 saturated heterocycles. The molecule has 0 unspecified atom stereocenters. The molecular weight excluding hydrogens is 454 g/mol. The van der Waals surface area contributed by atoms with Gasteiger partial charge in [0.1, 0.15) is 5.82 Å². The summed E-state index contributed by atoms with van der Waals surface area (Å²) in [5, 5.41) is 14.3. The summed E-state index contributed by atoms with van der Waals surface area (Å²) >= 11 is 1.68. The molecule has 1 aliphatic heterocycles. The van der Waals surface area contributed by atoms with E-state index in [0.717, 1.165) is 57.1 Å². The number of fused-ring (bicyclic) bond motifs is 1. The summed E-state index contributed by atoms with van der Waals surface area (Å²) < 4.78 is 0. The summed E-state index contributed by atoms with van der Waals surface area (Å²) in [5.74, 6) is 1.64. The van der Waals surface area contributed by atoms with Crippen LogP contribution in [0.5, 0.6) is 0 Å². The molecule has 7 heteroatoms. The minimum atomic E-state index is 0.0302. The molecular formula is C28H31N5OS. The van der Waals surface area contributed by atoms with Crippen LogP contribution in [0.25, 0.3) is 10.9 Å². The lowest BCUT2D eigenvalue weighted by Gasteiger charge is -2.22. The van der Waals surface area contributed by atoms with Crippen LogP contribution >= 0.6 is 11.8 Å². The second-order valence-electron chi connectivity index (χ2n) is 9.07. The molecule has 2 N–H and O–H groups in total. The summed E-state index contributed by atoms with van der Waals surface area (Å²) in [6.07, 6.45) is 1.13. The van der Waals surface area contributed by atoms with Gasteiger partial charge in [-0.05, 0) is 55.9 Å². The van der Waals surface area contributed by atoms with Gasteiger partial charge in [0.05, 0.1) is 12.1 Å². The van der Waals surface area contributed by atoms with Crippen LogP contribution in [0.3, 0.4) is 0 Å². The monoisotopic (exact) mass is 485 g/mol. The molecule has 2 heterocycles. The lowest BCUT2D eigenvalue weighted by molar-refractivity contribution is 0.279. The first kappa shape index (κ1) is 23.6. The molecule has 4 aromatic rings. The van der Waals surface area contributed by atoms with Crippen LogP contribution < -0.4 is 10.2 Å². The van der Waals surface area contributed by atoms with E-state index in [2.05, 4.69) is 71.7 Å². The molecule has 6 nitrogen and oxygen atoms in total. The number of anilines is 2. The van der Waals surface area contributed by atoms with E-state index < -0.39 is 0 Å². The number of hydrogen-bond donors (Lipinski definition) is 2. The SMILES string of the molecule is CN(C)[C@@H]1CCN(c2nc(NCc3ccccc3Sc3ccccc3CO)nc3ccccc23)C1. The van der Waals surface area contributed by atoms with E-state index in [9.17, 15) is 5.11 Å². The topological polar surface area (TPSA) is 64.5 Å². The highest BCUT2D eigenvalue weighted by molar-refractivity contribution is 7.99. The minimum Gasteiger partial charge on any atom is -0.392 e. The fraction of sp³-hybridized carbons (Fsp3) is 0.286. The third-order valence-electron chi connectivity index (χ3n) is 6.55. The molecule has 1 aromatic heterocycles. The summed E-state index contributed by atoms with van der Waals surface area (Å²) in [4.78, 5) is 16.7. The highest BCUT2D eigenvalue weighted by Gasteiger charge is 2.26. The zero-order valence-corrected chi connectivity index (χ0v) is 21.0. The summed E-state index contributed by atoms with van der Waals surface area (Å²) in [7, 11) is 4.29. The number of hydrogen-bond acceptors (Lipinski definition) is 7. The summed E-state index contributed by atoms with van der Waals surface area (Å²) in [5.41, 5.74) is 3.05. The predicted octanol–water partition coefficient (Wildman–Crippen LogP) is 5.03. The fourth-order valence-electron chi connectivity index (χ4n) is 4.51. The van der Waals surface area contributed by atoms with E-state index in [1.165, 1.54) is 0 Å². The van der Waals surface area contributed by atoms with Crippen LogP contribution in [0.4, 0.5) is 11.8 Å². The largest absolute Gasteiger partial charge is 0.392 e. The maximum absolute atomic E-state index is 9.72. The van der Waals surface area contributed by atoms with E-state index >= 15 is 0 Å². The van der Waals surface area contributed by atoms with Crippen molar-refractivity contribution in [2.24, 2.45) is 0 Å². The number of aliphatic hydroxyl groups is 1. The number of aliphatic hydroxyl groups excluding tert-OH is 1. The zero-order valence-electron chi connectivity index (χ0n) is 20.2. The van der Waals surface area contributed by atoms with Crippen molar-refractivity contribution in [3.05, 3.63) is 83.9 Å². The van der Waals surface area contributed by atoms with Gasteiger partial charge >= 0.3 is 0 Å². The molecule has 1 atom stereocenters. The van der Waals surface area contributed by atoms with Gasteiger partial charge < -0.3 is 20.2 Å². The van der Waals surface area contributed by atoms with Gasteiger partial charge in [-0.3, -0.25) is 0 Å². The Hall–Kier alpha value is -3.13. The van der Waals surface area contributed by atoms with Gasteiger partial charge in [-0.25, -0.2) is 4.98 Å². The van der Waals surface area contributed by atoms with E-state index in [0.29, 0.717) is 18.5 Å². The number of aromatic nitrogens is 2. The Bertz CT molecular complexity index is 1310. The number of rotatable bonds is 8. The molecule has 1 aliphatic rings. The first-order chi connectivity index (χ1) is 17.1. The fourth-order valence-corrected chi connectivity index (χ4v) is 5.58. The molecule has 0 saturated carbocycles. The molecule has 180 valence electrons. The van der Waals surface area contributed by atoms with E-state index in [-0.39, 0.29) is 6.61 Å². The molecule has 3 aromatic carbocycles. The number of para-hydroxylation sites is 1. The predicted molar refractivity (Wildman–Crippen MR) is 144 cm³/mol. The second-order valence-corrected chi connectivity index (χ2v) is 10.2. The second kappa shape index (κ2) is 10.6. The first-order valence-corrected chi connectivity index (χ1v) is 12.8. The van der Waals surface area contributed by atoms with Gasteiger partial charge in [0.2, 0.25) is 5.95 Å². The van der Waals surface area contributed by atoms with E-state index in [1.807, 2.05) is 30.3 Å². The molecule has 35 heavy (non-hydrogen) atoms. The Morgan fingerprint density at radius 2 is 1.63 bits per heavy atom. The van der Waals surface area contributed by atoms with Crippen LogP contribution in [0.1, 0.15) is 17.5 Å². The van der Waals surface area contributed by atoms with Gasteiger partial charge in [-0.1, -0.05) is 60.3 Å². The van der Waals surface area contributed by atoms with Gasteiger partial charge in [0, 0.05) is 40.9 Å². The Morgan fingerprint density at radius 3 is 2.37 bits per heavy atom. The average Bonchev–Trinajstić information content (AvgIpc) is 3.39. The van der Waals surface area contributed by atoms with Crippen molar-refractivity contribution in [2.75, 3.05) is 37.4 Å².